The van der Waals surface area contributed by atoms with Gasteiger partial charge in [0.1, 0.15) is 0 Å². The lowest BCUT2D eigenvalue weighted by molar-refractivity contribution is -0.126. The number of sulfonamides is 1. The zero-order valence-corrected chi connectivity index (χ0v) is 14.4. The lowest BCUT2D eigenvalue weighted by atomic mass is 9.99. The Balaban J connectivity index is 1.89. The molecular weight excluding hydrogens is 322 g/mol. The van der Waals surface area contributed by atoms with E-state index in [0.29, 0.717) is 19.4 Å². The molecule has 0 unspecified atom stereocenters. The number of nitrogens with zero attached hydrogens (tertiary/aromatic N) is 2. The fourth-order valence-electron chi connectivity index (χ4n) is 2.36. The van der Waals surface area contributed by atoms with Crippen LogP contribution in [0.2, 0.25) is 0 Å². The van der Waals surface area contributed by atoms with Gasteiger partial charge in [-0.2, -0.15) is 5.10 Å². The molecule has 0 radical (unpaired) electrons. The molecule has 0 aliphatic carbocycles. The summed E-state index contributed by atoms with van der Waals surface area (Å²) in [4.78, 5) is 14.3. The second kappa shape index (κ2) is 7.34. The highest BCUT2D eigenvalue weighted by molar-refractivity contribution is 7.88. The van der Waals surface area contributed by atoms with Crippen molar-refractivity contribution in [3.8, 4) is 0 Å². The molecule has 6 nitrogen and oxygen atoms in total. The van der Waals surface area contributed by atoms with Crippen molar-refractivity contribution < 1.29 is 13.2 Å². The van der Waals surface area contributed by atoms with Crippen LogP contribution in [-0.2, 0) is 21.2 Å². The van der Waals surface area contributed by atoms with Gasteiger partial charge in [-0.1, -0.05) is 6.92 Å². The summed E-state index contributed by atoms with van der Waals surface area (Å²) in [6, 6.07) is 4.00. The van der Waals surface area contributed by atoms with Crippen molar-refractivity contribution in [2.45, 2.75) is 26.2 Å². The first-order valence-electron chi connectivity index (χ1n) is 7.27. The third-order valence-corrected chi connectivity index (χ3v) is 6.06. The minimum absolute atomic E-state index is 0.225. The van der Waals surface area contributed by atoms with Crippen LogP contribution >= 0.6 is 11.3 Å². The molecule has 2 rings (SSSR count). The molecule has 1 amide bonds. The standard InChI is InChI=1S/C14H21N3O3S2/c1-3-12-6-7-13(21-12)9-15-16-14(18)11-5-4-8-17(10-11)22(2,19)20/h6-7,9,11H,3-5,8,10H2,1-2H3,(H,16,18)/b15-9-/t11-/m1/s1. The first kappa shape index (κ1) is 17.1. The van der Waals surface area contributed by atoms with E-state index in [-0.39, 0.29) is 18.4 Å². The lowest BCUT2D eigenvalue weighted by Gasteiger charge is -2.29. The predicted molar refractivity (Wildman–Crippen MR) is 88.6 cm³/mol. The third-order valence-electron chi connectivity index (χ3n) is 3.62. The maximum Gasteiger partial charge on any atom is 0.244 e. The van der Waals surface area contributed by atoms with Crippen molar-refractivity contribution in [3.05, 3.63) is 21.9 Å². The van der Waals surface area contributed by atoms with Gasteiger partial charge in [0.2, 0.25) is 15.9 Å². The normalized spacial score (nSPS) is 20.4. The number of hydrazone groups is 1. The number of amides is 1. The molecule has 0 spiro atoms. The van der Waals surface area contributed by atoms with E-state index in [2.05, 4.69) is 17.5 Å². The Kier molecular flexibility index (Phi) is 5.71. The van der Waals surface area contributed by atoms with Crippen LogP contribution in [0.4, 0.5) is 0 Å². The number of carbonyl (C=O) groups excluding carboxylic acids is 1. The predicted octanol–water partition coefficient (Wildman–Crippen LogP) is 1.43. The smallest absolute Gasteiger partial charge is 0.244 e. The zero-order chi connectivity index (χ0) is 16.2. The minimum atomic E-state index is -3.24. The molecule has 0 aromatic carbocycles. The Bertz CT molecular complexity index is 652. The topological polar surface area (TPSA) is 78.8 Å². The highest BCUT2D eigenvalue weighted by atomic mass is 32.2. The zero-order valence-electron chi connectivity index (χ0n) is 12.8. The largest absolute Gasteiger partial charge is 0.273 e. The number of thiophene rings is 1. The van der Waals surface area contributed by atoms with E-state index in [1.165, 1.54) is 15.4 Å². The molecular formula is C14H21N3O3S2. The summed E-state index contributed by atoms with van der Waals surface area (Å²) in [5, 5.41) is 3.97. The molecule has 1 N–H and O–H groups in total. The second-order valence-electron chi connectivity index (χ2n) is 5.35. The first-order chi connectivity index (χ1) is 10.4. The highest BCUT2D eigenvalue weighted by Gasteiger charge is 2.29. The van der Waals surface area contributed by atoms with Gasteiger partial charge in [-0.05, 0) is 31.4 Å². The number of carbonyl (C=O) groups is 1. The van der Waals surface area contributed by atoms with Gasteiger partial charge in [-0.15, -0.1) is 11.3 Å². The Morgan fingerprint density at radius 2 is 2.32 bits per heavy atom. The van der Waals surface area contributed by atoms with Gasteiger partial charge in [0, 0.05) is 22.8 Å². The molecule has 22 heavy (non-hydrogen) atoms. The molecule has 0 saturated carbocycles. The average Bonchev–Trinajstić information content (AvgIpc) is 2.94. The van der Waals surface area contributed by atoms with Crippen molar-refractivity contribution in [2.75, 3.05) is 19.3 Å². The molecule has 1 aliphatic heterocycles. The number of nitrogens with one attached hydrogen (secondary N) is 1. The van der Waals surface area contributed by atoms with Gasteiger partial charge in [0.25, 0.3) is 0 Å². The van der Waals surface area contributed by atoms with Crippen LogP contribution in [0, 0.1) is 5.92 Å². The fraction of sp³-hybridized carbons (Fsp3) is 0.571. The van der Waals surface area contributed by atoms with Gasteiger partial charge in [0.15, 0.2) is 0 Å². The van der Waals surface area contributed by atoms with E-state index >= 15 is 0 Å². The Morgan fingerprint density at radius 3 is 2.95 bits per heavy atom. The molecule has 1 saturated heterocycles. The van der Waals surface area contributed by atoms with E-state index in [4.69, 9.17) is 0 Å². The van der Waals surface area contributed by atoms with Crippen molar-refractivity contribution in [3.63, 3.8) is 0 Å². The second-order valence-corrected chi connectivity index (χ2v) is 8.53. The number of aryl methyl sites for hydroxylation is 1. The maximum atomic E-state index is 12.1. The van der Waals surface area contributed by atoms with E-state index in [1.807, 2.05) is 12.1 Å². The van der Waals surface area contributed by atoms with Crippen LogP contribution < -0.4 is 5.43 Å². The highest BCUT2D eigenvalue weighted by Crippen LogP contribution is 2.19. The van der Waals surface area contributed by atoms with Crippen LogP contribution in [0.5, 0.6) is 0 Å². The summed E-state index contributed by atoms with van der Waals surface area (Å²) in [5.74, 6) is -0.563. The SMILES string of the molecule is CCc1ccc(/C=N\NC(=O)[C@@H]2CCCN(S(C)(=O)=O)C2)s1. The van der Waals surface area contributed by atoms with Gasteiger partial charge in [-0.3, -0.25) is 4.79 Å². The van der Waals surface area contributed by atoms with Crippen molar-refractivity contribution >= 4 is 33.5 Å². The van der Waals surface area contributed by atoms with E-state index in [1.54, 1.807) is 17.6 Å². The Hall–Kier alpha value is -1.25. The van der Waals surface area contributed by atoms with Gasteiger partial charge < -0.3 is 0 Å². The van der Waals surface area contributed by atoms with E-state index < -0.39 is 10.0 Å². The summed E-state index contributed by atoms with van der Waals surface area (Å²) >= 11 is 1.64. The number of rotatable bonds is 5. The van der Waals surface area contributed by atoms with Crippen LogP contribution in [-0.4, -0.2) is 44.2 Å². The summed E-state index contributed by atoms with van der Waals surface area (Å²) in [5.41, 5.74) is 2.52. The van der Waals surface area contributed by atoms with Crippen molar-refractivity contribution in [1.82, 2.24) is 9.73 Å². The number of hydrogen-bond donors (Lipinski definition) is 1. The quantitative estimate of drug-likeness (QED) is 0.649. The third kappa shape index (κ3) is 4.62. The van der Waals surface area contributed by atoms with Crippen molar-refractivity contribution in [1.29, 1.82) is 0 Å². The molecule has 122 valence electrons. The van der Waals surface area contributed by atoms with Crippen LogP contribution in [0.15, 0.2) is 17.2 Å². The average molecular weight is 343 g/mol. The molecule has 1 aliphatic rings. The summed E-state index contributed by atoms with van der Waals surface area (Å²) in [6.07, 6.45) is 5.16. The Morgan fingerprint density at radius 1 is 1.55 bits per heavy atom. The summed E-state index contributed by atoms with van der Waals surface area (Å²) in [6.45, 7) is 2.81. The maximum absolute atomic E-state index is 12.1. The molecule has 1 fully saturated rings. The number of piperidine rings is 1. The minimum Gasteiger partial charge on any atom is -0.273 e. The van der Waals surface area contributed by atoms with Crippen LogP contribution in [0.1, 0.15) is 29.5 Å². The molecule has 1 aromatic heterocycles. The van der Waals surface area contributed by atoms with Gasteiger partial charge >= 0.3 is 0 Å². The lowest BCUT2D eigenvalue weighted by Crippen LogP contribution is -2.44. The molecule has 1 atom stereocenters. The number of hydrogen-bond acceptors (Lipinski definition) is 5. The Labute approximate surface area is 135 Å². The van der Waals surface area contributed by atoms with E-state index in [9.17, 15) is 13.2 Å². The summed E-state index contributed by atoms with van der Waals surface area (Å²) < 4.78 is 24.5. The molecule has 2 heterocycles. The first-order valence-corrected chi connectivity index (χ1v) is 9.93. The molecule has 0 bridgehead atoms. The summed E-state index contributed by atoms with van der Waals surface area (Å²) in [7, 11) is -3.24. The van der Waals surface area contributed by atoms with Crippen LogP contribution in [0.25, 0.3) is 0 Å². The van der Waals surface area contributed by atoms with Crippen molar-refractivity contribution in [2.24, 2.45) is 11.0 Å². The van der Waals surface area contributed by atoms with E-state index in [0.717, 1.165) is 11.3 Å². The van der Waals surface area contributed by atoms with Gasteiger partial charge in [0.05, 0.1) is 18.4 Å². The fourth-order valence-corrected chi connectivity index (χ4v) is 4.10. The molecule has 8 heteroatoms. The molecule has 1 aromatic rings. The van der Waals surface area contributed by atoms with Gasteiger partial charge in [-0.25, -0.2) is 18.1 Å². The van der Waals surface area contributed by atoms with Crippen LogP contribution in [0.3, 0.4) is 0 Å². The monoisotopic (exact) mass is 343 g/mol.